The standard InChI is InChI=1S/C6H14N4.Li.H/c7-1-3-9-5-6-10-4-2-8;;/h9-10H,1-4,7-8H2;;/q;+1;-1. The van der Waals surface area contributed by atoms with E-state index in [4.69, 9.17) is 11.5 Å². The quantitative estimate of drug-likeness (QED) is 0.140. The Balaban J connectivity index is -0.000000405. The Morgan fingerprint density at radius 3 is 1.64 bits per heavy atom. The minimum atomic E-state index is 0. The summed E-state index contributed by atoms with van der Waals surface area (Å²) < 4.78 is 0. The smallest absolute Gasteiger partial charge is 1.00 e. The predicted molar refractivity (Wildman–Crippen MR) is 43.0 cm³/mol. The first-order valence-electron chi connectivity index (χ1n) is 3.27. The number of hydrogen-bond acceptors (Lipinski definition) is 4. The molecule has 11 heavy (non-hydrogen) atoms. The molecule has 0 amide bonds. The van der Waals surface area contributed by atoms with Crippen LogP contribution in [0.25, 0.3) is 0 Å². The van der Waals surface area contributed by atoms with Crippen LogP contribution in [0, 0.1) is 12.1 Å². The Hall–Kier alpha value is -0.323. The molecule has 0 aliphatic heterocycles. The van der Waals surface area contributed by atoms with Crippen LogP contribution >= 0.6 is 0 Å². The van der Waals surface area contributed by atoms with Crippen LogP contribution in [-0.2, 0) is 0 Å². The fourth-order valence-corrected chi connectivity index (χ4v) is 0.358. The van der Waals surface area contributed by atoms with E-state index in [1.165, 1.54) is 0 Å². The molecular weight excluding hydrogens is 135 g/mol. The van der Waals surface area contributed by atoms with Crippen LogP contribution in [0.5, 0.6) is 0 Å². The van der Waals surface area contributed by atoms with Crippen LogP contribution in [0.4, 0.5) is 0 Å². The van der Waals surface area contributed by atoms with E-state index in [-0.39, 0.29) is 20.3 Å². The second kappa shape index (κ2) is 12.4. The molecule has 0 saturated heterocycles. The number of hydrogen-bond donors (Lipinski definition) is 4. The molecule has 0 aliphatic rings. The summed E-state index contributed by atoms with van der Waals surface area (Å²) in [6, 6.07) is 5.35. The van der Waals surface area contributed by atoms with Crippen LogP contribution < -0.4 is 41.0 Å². The van der Waals surface area contributed by atoms with E-state index < -0.39 is 0 Å². The molecule has 0 rings (SSSR count). The van der Waals surface area contributed by atoms with Crippen molar-refractivity contribution in [2.75, 3.05) is 26.2 Å². The second-order valence-corrected chi connectivity index (χ2v) is 1.68. The molecule has 0 unspecified atom stereocenters. The zero-order valence-corrected chi connectivity index (χ0v) is 6.98. The Kier molecular flexibility index (Phi) is 14.9. The van der Waals surface area contributed by atoms with Crippen molar-refractivity contribution < 1.29 is 20.3 Å². The first-order chi connectivity index (χ1) is 4.91. The molecule has 0 heterocycles. The van der Waals surface area contributed by atoms with Gasteiger partial charge in [0.25, 0.3) is 0 Å². The molecule has 0 bridgehead atoms. The summed E-state index contributed by atoms with van der Waals surface area (Å²) in [5, 5.41) is 5.61. The van der Waals surface area contributed by atoms with Gasteiger partial charge in [-0.2, -0.15) is 0 Å². The fraction of sp³-hybridized carbons (Fsp3) is 0.667. The van der Waals surface area contributed by atoms with Gasteiger partial charge in [-0.05, 0) is 0 Å². The molecule has 6 N–H and O–H groups in total. The molecule has 0 saturated carbocycles. The number of rotatable bonds is 4. The van der Waals surface area contributed by atoms with E-state index in [1.807, 2.05) is 0 Å². The summed E-state index contributed by atoms with van der Waals surface area (Å²) in [6.07, 6.45) is 0. The zero-order valence-electron chi connectivity index (χ0n) is 7.98. The molecule has 0 atom stereocenters. The maximum absolute atomic E-state index is 5.20. The number of nitrogens with one attached hydrogen (secondary N) is 2. The molecule has 0 aromatic rings. The molecule has 0 fully saturated rings. The SMILES string of the molecule is NCCNC#CNCCN.[H-].[Li+]. The maximum Gasteiger partial charge on any atom is 1.00 e. The van der Waals surface area contributed by atoms with Gasteiger partial charge < -0.3 is 23.5 Å². The van der Waals surface area contributed by atoms with Crippen molar-refractivity contribution >= 4 is 0 Å². The molecule has 0 aromatic carbocycles. The van der Waals surface area contributed by atoms with Gasteiger partial charge in [0.1, 0.15) is 0 Å². The normalized spacial score (nSPS) is 7.09. The monoisotopic (exact) mass is 150 g/mol. The minimum Gasteiger partial charge on any atom is -1.00 e. The van der Waals surface area contributed by atoms with Crippen molar-refractivity contribution in [3.05, 3.63) is 0 Å². The van der Waals surface area contributed by atoms with Crippen molar-refractivity contribution in [1.82, 2.24) is 10.6 Å². The van der Waals surface area contributed by atoms with E-state index >= 15 is 0 Å². The van der Waals surface area contributed by atoms with Gasteiger partial charge in [0.15, 0.2) is 0 Å². The van der Waals surface area contributed by atoms with E-state index in [1.54, 1.807) is 0 Å². The molecule has 60 valence electrons. The third-order valence-corrected chi connectivity index (χ3v) is 0.778. The van der Waals surface area contributed by atoms with Gasteiger partial charge in [-0.25, -0.2) is 0 Å². The summed E-state index contributed by atoms with van der Waals surface area (Å²) >= 11 is 0. The third kappa shape index (κ3) is 12.8. The van der Waals surface area contributed by atoms with Crippen molar-refractivity contribution in [1.29, 1.82) is 0 Å². The molecule has 0 spiro atoms. The zero-order chi connectivity index (χ0) is 7.66. The van der Waals surface area contributed by atoms with Gasteiger partial charge in [0, 0.05) is 38.3 Å². The predicted octanol–water partition coefficient (Wildman–Crippen LogP) is -4.88. The van der Waals surface area contributed by atoms with E-state index in [0.29, 0.717) is 13.1 Å². The van der Waals surface area contributed by atoms with Crippen LogP contribution in [0.3, 0.4) is 0 Å². The van der Waals surface area contributed by atoms with Crippen LogP contribution in [0.15, 0.2) is 0 Å². The summed E-state index contributed by atoms with van der Waals surface area (Å²) in [4.78, 5) is 0. The van der Waals surface area contributed by atoms with Gasteiger partial charge >= 0.3 is 18.9 Å². The number of nitrogens with two attached hydrogens (primary N) is 2. The van der Waals surface area contributed by atoms with Crippen molar-refractivity contribution in [2.45, 2.75) is 0 Å². The van der Waals surface area contributed by atoms with E-state index in [0.717, 1.165) is 13.1 Å². The first kappa shape index (κ1) is 13.3. The Labute approximate surface area is 81.1 Å². The average molecular weight is 150 g/mol. The Morgan fingerprint density at radius 2 is 1.36 bits per heavy atom. The minimum absolute atomic E-state index is 0. The molecule has 0 aliphatic carbocycles. The van der Waals surface area contributed by atoms with Crippen LogP contribution in [-0.4, -0.2) is 26.2 Å². The van der Waals surface area contributed by atoms with Crippen molar-refractivity contribution in [2.24, 2.45) is 11.5 Å². The maximum atomic E-state index is 5.20. The van der Waals surface area contributed by atoms with Gasteiger partial charge in [0.2, 0.25) is 0 Å². The summed E-state index contributed by atoms with van der Waals surface area (Å²) in [5.41, 5.74) is 10.4. The van der Waals surface area contributed by atoms with Crippen LogP contribution in [0.2, 0.25) is 0 Å². The summed E-state index contributed by atoms with van der Waals surface area (Å²) in [5.74, 6) is 0. The fourth-order valence-electron chi connectivity index (χ4n) is 0.358. The van der Waals surface area contributed by atoms with Crippen molar-refractivity contribution in [3.63, 3.8) is 0 Å². The summed E-state index contributed by atoms with van der Waals surface area (Å²) in [7, 11) is 0. The molecule has 0 aromatic heterocycles. The first-order valence-corrected chi connectivity index (χ1v) is 3.27. The average Bonchev–Trinajstić information content (AvgIpc) is 1.97. The van der Waals surface area contributed by atoms with E-state index in [2.05, 4.69) is 22.7 Å². The second-order valence-electron chi connectivity index (χ2n) is 1.68. The summed E-state index contributed by atoms with van der Waals surface area (Å²) in [6.45, 7) is 2.64. The van der Waals surface area contributed by atoms with E-state index in [9.17, 15) is 0 Å². The molecule has 0 radical (unpaired) electrons. The van der Waals surface area contributed by atoms with Crippen LogP contribution in [0.1, 0.15) is 1.43 Å². The van der Waals surface area contributed by atoms with Crippen molar-refractivity contribution in [3.8, 4) is 12.1 Å². The van der Waals surface area contributed by atoms with Gasteiger partial charge in [0.05, 0.1) is 0 Å². The molecular formula is C6H15LiN4. The molecule has 4 nitrogen and oxygen atoms in total. The van der Waals surface area contributed by atoms with Gasteiger partial charge in [-0.3, -0.25) is 0 Å². The van der Waals surface area contributed by atoms with Gasteiger partial charge in [-0.15, -0.1) is 0 Å². The third-order valence-electron chi connectivity index (χ3n) is 0.778. The largest absolute Gasteiger partial charge is 1.00 e. The molecule has 5 heteroatoms. The topological polar surface area (TPSA) is 76.1 Å². The van der Waals surface area contributed by atoms with Gasteiger partial charge in [-0.1, -0.05) is 0 Å². The Bertz CT molecular complexity index is 110. The Morgan fingerprint density at radius 1 is 1.00 bits per heavy atom.